The van der Waals surface area contributed by atoms with Crippen LogP contribution in [0.4, 0.5) is 0 Å². The van der Waals surface area contributed by atoms with Crippen molar-refractivity contribution in [1.82, 2.24) is 5.10 Å². The van der Waals surface area contributed by atoms with Crippen LogP contribution in [0.3, 0.4) is 0 Å². The molecule has 4 heteroatoms. The van der Waals surface area contributed by atoms with Crippen LogP contribution in [0.15, 0.2) is 24.5 Å². The standard InChI is InChI=1S/C9H13N2O2/c1-2-13-9(12)5-8-11-7-4-3-6-10-11/h3-4,6-7H,2,5,8H2,1H3/q+1. The summed E-state index contributed by atoms with van der Waals surface area (Å²) >= 11 is 0. The maximum atomic E-state index is 11.0. The number of aromatic nitrogens is 2. The Balaban J connectivity index is 2.31. The smallest absolute Gasteiger partial charge is 0.312 e. The van der Waals surface area contributed by atoms with Crippen LogP contribution >= 0.6 is 0 Å². The Hall–Kier alpha value is -1.45. The first-order valence-electron chi connectivity index (χ1n) is 4.29. The van der Waals surface area contributed by atoms with E-state index in [-0.39, 0.29) is 5.97 Å². The number of aryl methyl sites for hydroxylation is 1. The third kappa shape index (κ3) is 3.64. The van der Waals surface area contributed by atoms with Gasteiger partial charge in [0, 0.05) is 6.07 Å². The number of carbonyl (C=O) groups excluding carboxylic acids is 1. The molecule has 0 aliphatic heterocycles. The second kappa shape index (κ2) is 5.24. The molecule has 0 atom stereocenters. The molecule has 0 N–H and O–H groups in total. The van der Waals surface area contributed by atoms with Gasteiger partial charge in [-0.05, 0) is 18.1 Å². The third-order valence-corrected chi connectivity index (χ3v) is 1.52. The molecule has 0 spiro atoms. The predicted molar refractivity (Wildman–Crippen MR) is 45.7 cm³/mol. The summed E-state index contributed by atoms with van der Waals surface area (Å²) in [4.78, 5) is 11.0. The minimum Gasteiger partial charge on any atom is -0.466 e. The average molecular weight is 181 g/mol. The first kappa shape index (κ1) is 9.64. The van der Waals surface area contributed by atoms with Gasteiger partial charge in [0.05, 0.1) is 12.8 Å². The molecule has 1 aromatic rings. The Labute approximate surface area is 77.1 Å². The van der Waals surface area contributed by atoms with Gasteiger partial charge in [0.1, 0.15) is 6.42 Å². The van der Waals surface area contributed by atoms with E-state index in [4.69, 9.17) is 4.74 Å². The minimum absolute atomic E-state index is 0.180. The number of esters is 1. The lowest BCUT2D eigenvalue weighted by Crippen LogP contribution is -2.38. The molecule has 1 rings (SSSR count). The Kier molecular flexibility index (Phi) is 3.88. The number of hydrogen-bond donors (Lipinski definition) is 0. The van der Waals surface area contributed by atoms with E-state index >= 15 is 0 Å². The van der Waals surface area contributed by atoms with Crippen molar-refractivity contribution >= 4 is 5.97 Å². The van der Waals surface area contributed by atoms with Crippen LogP contribution in [0.5, 0.6) is 0 Å². The van der Waals surface area contributed by atoms with Gasteiger partial charge in [0.2, 0.25) is 0 Å². The number of nitrogens with zero attached hydrogens (tertiary/aromatic N) is 2. The van der Waals surface area contributed by atoms with Crippen LogP contribution in [-0.2, 0) is 16.1 Å². The molecule has 0 fully saturated rings. The van der Waals surface area contributed by atoms with Crippen LogP contribution in [-0.4, -0.2) is 17.7 Å². The van der Waals surface area contributed by atoms with Crippen LogP contribution in [0.2, 0.25) is 0 Å². The molecule has 0 aromatic carbocycles. The summed E-state index contributed by atoms with van der Waals surface area (Å²) in [6.45, 7) is 2.80. The maximum absolute atomic E-state index is 11.0. The van der Waals surface area contributed by atoms with E-state index in [2.05, 4.69) is 5.10 Å². The summed E-state index contributed by atoms with van der Waals surface area (Å²) in [6.07, 6.45) is 3.87. The fourth-order valence-electron chi connectivity index (χ4n) is 0.933. The quantitative estimate of drug-likeness (QED) is 0.496. The minimum atomic E-state index is -0.180. The van der Waals surface area contributed by atoms with E-state index in [0.29, 0.717) is 19.6 Å². The van der Waals surface area contributed by atoms with Gasteiger partial charge in [-0.3, -0.25) is 4.79 Å². The van der Waals surface area contributed by atoms with Crippen LogP contribution in [0.25, 0.3) is 0 Å². The molecule has 4 nitrogen and oxygen atoms in total. The van der Waals surface area contributed by atoms with E-state index in [0.717, 1.165) is 0 Å². The van der Waals surface area contributed by atoms with Gasteiger partial charge in [-0.2, -0.15) is 0 Å². The SMILES string of the molecule is CCOC(=O)CC[n+]1ccccn1. The van der Waals surface area contributed by atoms with Crippen LogP contribution in [0.1, 0.15) is 13.3 Å². The molecule has 13 heavy (non-hydrogen) atoms. The molecule has 0 unspecified atom stereocenters. The molecule has 0 amide bonds. The van der Waals surface area contributed by atoms with E-state index < -0.39 is 0 Å². The fraction of sp³-hybridized carbons (Fsp3) is 0.444. The molecule has 0 aliphatic carbocycles. The molecule has 1 aromatic heterocycles. The lowest BCUT2D eigenvalue weighted by Gasteiger charge is -1.97. The predicted octanol–water partition coefficient (Wildman–Crippen LogP) is 0.322. The van der Waals surface area contributed by atoms with Crippen molar-refractivity contribution in [3.63, 3.8) is 0 Å². The summed E-state index contributed by atoms with van der Waals surface area (Å²) in [6, 6.07) is 3.71. The summed E-state index contributed by atoms with van der Waals surface area (Å²) in [5.41, 5.74) is 0. The van der Waals surface area contributed by atoms with Crippen molar-refractivity contribution in [3.05, 3.63) is 24.5 Å². The highest BCUT2D eigenvalue weighted by atomic mass is 16.5. The van der Waals surface area contributed by atoms with Gasteiger partial charge in [-0.25, -0.2) is 0 Å². The van der Waals surface area contributed by atoms with E-state index in [1.54, 1.807) is 17.8 Å². The van der Waals surface area contributed by atoms with Crippen molar-refractivity contribution in [2.75, 3.05) is 6.61 Å². The number of rotatable bonds is 4. The molecule has 0 radical (unpaired) electrons. The van der Waals surface area contributed by atoms with E-state index in [1.165, 1.54) is 0 Å². The molecule has 0 bridgehead atoms. The topological polar surface area (TPSA) is 43.1 Å². The van der Waals surface area contributed by atoms with Gasteiger partial charge in [0.15, 0.2) is 12.7 Å². The molecule has 0 aliphatic rings. The average Bonchev–Trinajstić information content (AvgIpc) is 2.17. The summed E-state index contributed by atoms with van der Waals surface area (Å²) in [5, 5.41) is 4.02. The second-order valence-electron chi connectivity index (χ2n) is 2.52. The largest absolute Gasteiger partial charge is 0.466 e. The van der Waals surface area contributed by atoms with Crippen molar-refractivity contribution in [2.45, 2.75) is 19.9 Å². The fourth-order valence-corrected chi connectivity index (χ4v) is 0.933. The molecule has 0 saturated heterocycles. The first-order valence-corrected chi connectivity index (χ1v) is 4.29. The van der Waals surface area contributed by atoms with Crippen molar-refractivity contribution in [1.29, 1.82) is 0 Å². The van der Waals surface area contributed by atoms with Crippen LogP contribution < -0.4 is 4.68 Å². The second-order valence-corrected chi connectivity index (χ2v) is 2.52. The Morgan fingerprint density at radius 3 is 3.00 bits per heavy atom. The molecule has 1 heterocycles. The lowest BCUT2D eigenvalue weighted by molar-refractivity contribution is -0.753. The molecular weight excluding hydrogens is 168 g/mol. The monoisotopic (exact) mass is 181 g/mol. The summed E-state index contributed by atoms with van der Waals surface area (Å²) in [7, 11) is 0. The molecular formula is C9H13N2O2+. The van der Waals surface area contributed by atoms with Gasteiger partial charge < -0.3 is 4.74 Å². The number of hydrogen-bond acceptors (Lipinski definition) is 3. The Morgan fingerprint density at radius 1 is 1.54 bits per heavy atom. The Morgan fingerprint density at radius 2 is 2.38 bits per heavy atom. The zero-order valence-electron chi connectivity index (χ0n) is 7.64. The van der Waals surface area contributed by atoms with E-state index in [1.807, 2.05) is 18.3 Å². The van der Waals surface area contributed by atoms with Gasteiger partial charge in [0.25, 0.3) is 0 Å². The highest BCUT2D eigenvalue weighted by Gasteiger charge is 2.06. The molecule has 0 saturated carbocycles. The third-order valence-electron chi connectivity index (χ3n) is 1.52. The highest BCUT2D eigenvalue weighted by molar-refractivity contribution is 5.68. The van der Waals surface area contributed by atoms with Crippen molar-refractivity contribution in [2.24, 2.45) is 0 Å². The zero-order valence-corrected chi connectivity index (χ0v) is 7.64. The van der Waals surface area contributed by atoms with Gasteiger partial charge in [-0.15, -0.1) is 0 Å². The van der Waals surface area contributed by atoms with E-state index in [9.17, 15) is 4.79 Å². The zero-order chi connectivity index (χ0) is 9.52. The normalized spacial score (nSPS) is 9.62. The maximum Gasteiger partial charge on any atom is 0.312 e. The Bertz CT molecular complexity index is 262. The summed E-state index contributed by atoms with van der Waals surface area (Å²) < 4.78 is 6.49. The van der Waals surface area contributed by atoms with Crippen molar-refractivity contribution in [3.8, 4) is 0 Å². The first-order chi connectivity index (χ1) is 6.33. The number of carbonyl (C=O) groups is 1. The highest BCUT2D eigenvalue weighted by Crippen LogP contribution is 1.85. The molecule has 70 valence electrons. The summed E-state index contributed by atoms with van der Waals surface area (Å²) in [5.74, 6) is -0.180. The lowest BCUT2D eigenvalue weighted by atomic mass is 10.4. The van der Waals surface area contributed by atoms with Gasteiger partial charge >= 0.3 is 5.97 Å². The van der Waals surface area contributed by atoms with Crippen LogP contribution in [0, 0.1) is 0 Å². The number of ether oxygens (including phenoxy) is 1. The van der Waals surface area contributed by atoms with Gasteiger partial charge in [-0.1, -0.05) is 4.68 Å². The van der Waals surface area contributed by atoms with Crippen molar-refractivity contribution < 1.29 is 14.2 Å².